The first-order valence-electron chi connectivity index (χ1n) is 10.4. The predicted molar refractivity (Wildman–Crippen MR) is 110 cm³/mol. The molecule has 0 aromatic carbocycles. The van der Waals surface area contributed by atoms with Gasteiger partial charge in [-0.2, -0.15) is 0 Å². The molecule has 3 aliphatic heterocycles. The lowest BCUT2D eigenvalue weighted by Crippen LogP contribution is -2.43. The molecule has 0 radical (unpaired) electrons. The molecule has 3 rings (SSSR count). The summed E-state index contributed by atoms with van der Waals surface area (Å²) in [5.41, 5.74) is 0. The number of methoxy groups -OCH3 is 1. The normalized spacial score (nSPS) is 30.0. The third kappa shape index (κ3) is 4.12. The first-order chi connectivity index (χ1) is 14.1. The molecule has 2 amide bonds. The van der Waals surface area contributed by atoms with Gasteiger partial charge in [-0.1, -0.05) is 19.9 Å². The van der Waals surface area contributed by atoms with Crippen LogP contribution in [0.5, 0.6) is 0 Å². The topological polar surface area (TPSA) is 104 Å². The zero-order valence-electron chi connectivity index (χ0n) is 18.0. The second-order valence-corrected chi connectivity index (χ2v) is 10.5. The van der Waals surface area contributed by atoms with Gasteiger partial charge in [0.25, 0.3) is 0 Å². The van der Waals surface area contributed by atoms with Gasteiger partial charge in [0.1, 0.15) is 6.04 Å². The highest BCUT2D eigenvalue weighted by molar-refractivity contribution is 7.88. The Bertz CT molecular complexity index is 839. The number of fused-ring (bicyclic) bond motifs is 1. The van der Waals surface area contributed by atoms with Crippen molar-refractivity contribution in [1.82, 2.24) is 14.1 Å². The second-order valence-electron chi connectivity index (χ2n) is 8.62. The predicted octanol–water partition coefficient (Wildman–Crippen LogP) is 0.224. The van der Waals surface area contributed by atoms with Crippen LogP contribution in [0.1, 0.15) is 33.1 Å². The maximum atomic E-state index is 12.9. The van der Waals surface area contributed by atoms with Crippen LogP contribution in [0.25, 0.3) is 0 Å². The average molecular weight is 442 g/mol. The molecule has 10 heteroatoms. The Hall–Kier alpha value is -1.94. The van der Waals surface area contributed by atoms with E-state index in [0.29, 0.717) is 19.5 Å². The van der Waals surface area contributed by atoms with Crippen molar-refractivity contribution in [3.05, 3.63) is 12.2 Å². The summed E-state index contributed by atoms with van der Waals surface area (Å²) < 4.78 is 30.2. The lowest BCUT2D eigenvalue weighted by Gasteiger charge is -2.28. The van der Waals surface area contributed by atoms with Crippen LogP contribution >= 0.6 is 0 Å². The summed E-state index contributed by atoms with van der Waals surface area (Å²) in [5.74, 6) is -1.53. The van der Waals surface area contributed by atoms with Crippen molar-refractivity contribution in [2.75, 3.05) is 33.0 Å². The van der Waals surface area contributed by atoms with Gasteiger partial charge >= 0.3 is 5.97 Å². The monoisotopic (exact) mass is 441 g/mol. The molecular weight excluding hydrogens is 410 g/mol. The molecule has 3 heterocycles. The summed E-state index contributed by atoms with van der Waals surface area (Å²) in [7, 11) is -2.32. The Morgan fingerprint density at radius 2 is 1.93 bits per heavy atom. The van der Waals surface area contributed by atoms with E-state index in [4.69, 9.17) is 4.74 Å². The van der Waals surface area contributed by atoms with Crippen molar-refractivity contribution in [1.29, 1.82) is 0 Å². The highest BCUT2D eigenvalue weighted by atomic mass is 32.2. The van der Waals surface area contributed by atoms with E-state index in [1.807, 2.05) is 18.7 Å². The number of rotatable bonds is 6. The van der Waals surface area contributed by atoms with Crippen LogP contribution in [0.3, 0.4) is 0 Å². The third-order valence-electron chi connectivity index (χ3n) is 6.39. The van der Waals surface area contributed by atoms with E-state index in [9.17, 15) is 22.8 Å². The van der Waals surface area contributed by atoms with Gasteiger partial charge in [-0.25, -0.2) is 12.7 Å². The molecule has 3 aliphatic rings. The van der Waals surface area contributed by atoms with Gasteiger partial charge in [0.15, 0.2) is 0 Å². The molecule has 4 atom stereocenters. The third-order valence-corrected chi connectivity index (χ3v) is 7.55. The molecule has 30 heavy (non-hydrogen) atoms. The van der Waals surface area contributed by atoms with Crippen LogP contribution in [-0.2, 0) is 29.1 Å². The summed E-state index contributed by atoms with van der Waals surface area (Å²) in [5, 5.41) is 0. The van der Waals surface area contributed by atoms with Crippen LogP contribution < -0.4 is 0 Å². The average Bonchev–Trinajstić information content (AvgIpc) is 3.33. The molecule has 3 saturated heterocycles. The van der Waals surface area contributed by atoms with Gasteiger partial charge < -0.3 is 9.64 Å². The van der Waals surface area contributed by atoms with Crippen LogP contribution in [-0.4, -0.2) is 91.4 Å². The molecule has 0 unspecified atom stereocenters. The number of hydrogen-bond donors (Lipinski definition) is 0. The van der Waals surface area contributed by atoms with E-state index in [1.165, 1.54) is 13.2 Å². The van der Waals surface area contributed by atoms with Crippen molar-refractivity contribution in [3.63, 3.8) is 0 Å². The number of sulfonamides is 1. The Balaban J connectivity index is 1.72. The molecule has 0 aromatic rings. The highest BCUT2D eigenvalue weighted by Crippen LogP contribution is 2.41. The lowest BCUT2D eigenvalue weighted by atomic mass is 9.88. The van der Waals surface area contributed by atoms with Gasteiger partial charge in [0.05, 0.1) is 31.4 Å². The van der Waals surface area contributed by atoms with Crippen molar-refractivity contribution in [3.8, 4) is 0 Å². The van der Waals surface area contributed by atoms with Gasteiger partial charge in [0.2, 0.25) is 21.8 Å². The maximum absolute atomic E-state index is 12.9. The smallest absolute Gasteiger partial charge is 0.323 e. The fourth-order valence-corrected chi connectivity index (χ4v) is 6.29. The summed E-state index contributed by atoms with van der Waals surface area (Å²) in [6.45, 7) is 5.38. The van der Waals surface area contributed by atoms with E-state index in [1.54, 1.807) is 11.0 Å². The van der Waals surface area contributed by atoms with E-state index >= 15 is 0 Å². The summed E-state index contributed by atoms with van der Waals surface area (Å²) >= 11 is 0. The first-order valence-corrected chi connectivity index (χ1v) is 12.2. The van der Waals surface area contributed by atoms with Crippen molar-refractivity contribution in [2.45, 2.75) is 51.2 Å². The van der Waals surface area contributed by atoms with Gasteiger partial charge in [-0.3, -0.25) is 19.3 Å². The lowest BCUT2D eigenvalue weighted by molar-refractivity contribution is -0.145. The summed E-state index contributed by atoms with van der Waals surface area (Å²) in [6.07, 6.45) is 6.33. The number of carbonyl (C=O) groups excluding carboxylic acids is 3. The largest absolute Gasteiger partial charge is 0.468 e. The molecule has 0 saturated carbocycles. The number of esters is 1. The van der Waals surface area contributed by atoms with Crippen LogP contribution in [0, 0.1) is 11.8 Å². The van der Waals surface area contributed by atoms with E-state index in [-0.39, 0.29) is 23.8 Å². The standard InChI is InChI=1S/C20H31N3O6S/c1-13(2)17-18-14(23(19(17)25)30(4,27)28)9-12-22(18)16(24)8-6-11-21-10-5-7-15(21)20(26)29-3/h6,8,13-15,17-18H,5,7,9-12H2,1-4H3/t14-,15-,17+,18-/m0/s1. The Morgan fingerprint density at radius 3 is 2.53 bits per heavy atom. The SMILES string of the molecule is COC(=O)[C@@H]1CCCN1CC=CC(=O)N1CC[C@H]2[C@H]1[C@@H](C(C)C)C(=O)N2S(C)(=O)=O. The van der Waals surface area contributed by atoms with Gasteiger partial charge in [-0.15, -0.1) is 0 Å². The zero-order valence-corrected chi connectivity index (χ0v) is 18.8. The minimum Gasteiger partial charge on any atom is -0.468 e. The van der Waals surface area contributed by atoms with Crippen LogP contribution in [0.15, 0.2) is 12.2 Å². The number of hydrogen-bond acceptors (Lipinski definition) is 7. The Kier molecular flexibility index (Phi) is 6.57. The van der Waals surface area contributed by atoms with Gasteiger partial charge in [0, 0.05) is 19.2 Å². The molecule has 168 valence electrons. The van der Waals surface area contributed by atoms with Crippen molar-refractivity contribution in [2.24, 2.45) is 11.8 Å². The van der Waals surface area contributed by atoms with E-state index in [2.05, 4.69) is 0 Å². The fourth-order valence-electron chi connectivity index (χ4n) is 5.12. The zero-order chi connectivity index (χ0) is 22.2. The van der Waals surface area contributed by atoms with Crippen molar-refractivity contribution >= 4 is 27.8 Å². The van der Waals surface area contributed by atoms with Crippen LogP contribution in [0.4, 0.5) is 0 Å². The number of amides is 2. The molecule has 0 spiro atoms. The Labute approximate surface area is 178 Å². The second kappa shape index (κ2) is 8.66. The molecule has 9 nitrogen and oxygen atoms in total. The summed E-state index contributed by atoms with van der Waals surface area (Å²) in [4.78, 5) is 41.2. The molecule has 0 N–H and O–H groups in total. The summed E-state index contributed by atoms with van der Waals surface area (Å²) in [6, 6.07) is -1.23. The molecule has 0 aliphatic carbocycles. The number of likely N-dealkylation sites (tertiary alicyclic amines) is 2. The molecule has 3 fully saturated rings. The number of carbonyl (C=O) groups is 3. The first kappa shape index (κ1) is 22.7. The van der Waals surface area contributed by atoms with Crippen molar-refractivity contribution < 1.29 is 27.5 Å². The molecule has 0 aromatic heterocycles. The fraction of sp³-hybridized carbons (Fsp3) is 0.750. The minimum absolute atomic E-state index is 0.0838. The molecule has 0 bridgehead atoms. The highest BCUT2D eigenvalue weighted by Gasteiger charge is 2.58. The number of nitrogens with zero attached hydrogens (tertiary/aromatic N) is 3. The molecular formula is C20H31N3O6S. The Morgan fingerprint density at radius 1 is 1.23 bits per heavy atom. The number of ether oxygens (including phenoxy) is 1. The quantitative estimate of drug-likeness (QED) is 0.429. The van der Waals surface area contributed by atoms with E-state index in [0.717, 1.165) is 29.9 Å². The van der Waals surface area contributed by atoms with E-state index < -0.39 is 33.9 Å². The van der Waals surface area contributed by atoms with Gasteiger partial charge in [-0.05, 0) is 31.7 Å². The maximum Gasteiger partial charge on any atom is 0.323 e. The van der Waals surface area contributed by atoms with Crippen LogP contribution in [0.2, 0.25) is 0 Å². The minimum atomic E-state index is -3.69.